The molecule has 0 rings (SSSR count). The lowest BCUT2D eigenvalue weighted by atomic mass is 10.0. The molecule has 0 bridgehead atoms. The van der Waals surface area contributed by atoms with Crippen molar-refractivity contribution in [2.45, 2.75) is 57.3 Å². The van der Waals surface area contributed by atoms with Gasteiger partial charge < -0.3 is 32.5 Å². The van der Waals surface area contributed by atoms with E-state index in [0.29, 0.717) is 19.4 Å². The van der Waals surface area contributed by atoms with Crippen molar-refractivity contribution in [2.75, 3.05) is 18.1 Å². The first-order chi connectivity index (χ1) is 13.6. The zero-order valence-corrected chi connectivity index (χ0v) is 18.5. The predicted molar refractivity (Wildman–Crippen MR) is 117 cm³/mol. The highest BCUT2D eigenvalue weighted by Crippen LogP contribution is 2.03. The summed E-state index contributed by atoms with van der Waals surface area (Å²) in [5.41, 5.74) is 11.2. The quantitative estimate of drug-likeness (QED) is 0.117. The van der Waals surface area contributed by atoms with Crippen LogP contribution in [0.4, 0.5) is 0 Å². The largest absolute Gasteiger partial charge is 0.480 e. The first-order valence-corrected chi connectivity index (χ1v) is 10.7. The number of nitrogens with two attached hydrogens (primary N) is 2. The van der Waals surface area contributed by atoms with E-state index < -0.39 is 47.9 Å². The molecular formula is C17H33N5O5S2. The van der Waals surface area contributed by atoms with Gasteiger partial charge in [-0.2, -0.15) is 25.3 Å². The van der Waals surface area contributed by atoms with E-state index in [9.17, 15) is 24.3 Å². The summed E-state index contributed by atoms with van der Waals surface area (Å²) in [5.74, 6) is -3.22. The Hall–Kier alpha value is -1.50. The van der Waals surface area contributed by atoms with E-state index in [0.717, 1.165) is 0 Å². The molecule has 8 N–H and O–H groups in total. The number of aliphatic carboxylic acids is 1. The monoisotopic (exact) mass is 451 g/mol. The molecule has 4 atom stereocenters. The lowest BCUT2D eigenvalue weighted by molar-refractivity contribution is -0.142. The SMILES string of the molecule is CC(C)C(N)C(=O)NC(CS)C(=O)NC(CS)C(=O)NC(CCCCN)C(=O)O. The van der Waals surface area contributed by atoms with E-state index in [1.54, 1.807) is 13.8 Å². The van der Waals surface area contributed by atoms with E-state index in [2.05, 4.69) is 41.2 Å². The molecule has 0 heterocycles. The smallest absolute Gasteiger partial charge is 0.326 e. The summed E-state index contributed by atoms with van der Waals surface area (Å²) >= 11 is 8.11. The van der Waals surface area contributed by atoms with Crippen LogP contribution in [0.3, 0.4) is 0 Å². The van der Waals surface area contributed by atoms with Gasteiger partial charge in [0.15, 0.2) is 0 Å². The number of carboxylic acid groups (broad SMARTS) is 1. The second-order valence-electron chi connectivity index (χ2n) is 6.94. The summed E-state index contributed by atoms with van der Waals surface area (Å²) < 4.78 is 0. The number of carbonyl (C=O) groups is 4. The van der Waals surface area contributed by atoms with Gasteiger partial charge in [0.25, 0.3) is 0 Å². The van der Waals surface area contributed by atoms with E-state index in [1.807, 2.05) is 0 Å². The number of thiol groups is 2. The molecule has 0 aromatic heterocycles. The van der Waals surface area contributed by atoms with Gasteiger partial charge in [-0.1, -0.05) is 13.8 Å². The van der Waals surface area contributed by atoms with Crippen LogP contribution in [0.15, 0.2) is 0 Å². The normalized spacial score (nSPS) is 15.1. The van der Waals surface area contributed by atoms with E-state index in [1.165, 1.54) is 0 Å². The Morgan fingerprint density at radius 1 is 0.862 bits per heavy atom. The highest BCUT2D eigenvalue weighted by molar-refractivity contribution is 7.80. The van der Waals surface area contributed by atoms with Crippen molar-refractivity contribution >= 4 is 48.9 Å². The number of carbonyl (C=O) groups excluding carboxylic acids is 3. The molecule has 0 aromatic carbocycles. The zero-order chi connectivity index (χ0) is 22.6. The lowest BCUT2D eigenvalue weighted by Crippen LogP contribution is -2.58. The Morgan fingerprint density at radius 3 is 1.69 bits per heavy atom. The Kier molecular flexibility index (Phi) is 13.7. The first kappa shape index (κ1) is 27.5. The fourth-order valence-corrected chi connectivity index (χ4v) is 2.77. The molecule has 10 nitrogen and oxygen atoms in total. The molecule has 0 spiro atoms. The minimum atomic E-state index is -1.18. The van der Waals surface area contributed by atoms with Gasteiger partial charge in [-0.3, -0.25) is 14.4 Å². The maximum Gasteiger partial charge on any atom is 0.326 e. The molecule has 0 fully saturated rings. The number of unbranched alkanes of at least 4 members (excludes halogenated alkanes) is 1. The molecule has 0 saturated carbocycles. The van der Waals surface area contributed by atoms with Crippen molar-refractivity contribution in [3.05, 3.63) is 0 Å². The second kappa shape index (κ2) is 14.5. The molecule has 168 valence electrons. The van der Waals surface area contributed by atoms with Crippen LogP contribution in [0.25, 0.3) is 0 Å². The molecular weight excluding hydrogens is 418 g/mol. The van der Waals surface area contributed by atoms with Crippen LogP contribution >= 0.6 is 25.3 Å². The van der Waals surface area contributed by atoms with Gasteiger partial charge in [0.2, 0.25) is 17.7 Å². The third-order valence-electron chi connectivity index (χ3n) is 4.21. The van der Waals surface area contributed by atoms with Crippen molar-refractivity contribution in [1.29, 1.82) is 0 Å². The second-order valence-corrected chi connectivity index (χ2v) is 7.67. The maximum absolute atomic E-state index is 12.4. The highest BCUT2D eigenvalue weighted by Gasteiger charge is 2.29. The minimum absolute atomic E-state index is 0.0138. The molecule has 0 saturated heterocycles. The predicted octanol–water partition coefficient (Wildman–Crippen LogP) is -1.50. The molecule has 0 aliphatic rings. The summed E-state index contributed by atoms with van der Waals surface area (Å²) in [6.07, 6.45) is 1.39. The number of hydrogen-bond donors (Lipinski definition) is 8. The molecule has 29 heavy (non-hydrogen) atoms. The molecule has 12 heteroatoms. The Bertz CT molecular complexity index is 564. The first-order valence-electron chi connectivity index (χ1n) is 9.40. The topological polar surface area (TPSA) is 177 Å². The van der Waals surface area contributed by atoms with Crippen LogP contribution in [0.5, 0.6) is 0 Å². The Morgan fingerprint density at radius 2 is 1.31 bits per heavy atom. The van der Waals surface area contributed by atoms with Gasteiger partial charge in [-0.25, -0.2) is 4.79 Å². The number of nitrogens with one attached hydrogen (secondary N) is 3. The van der Waals surface area contributed by atoms with Gasteiger partial charge in [-0.05, 0) is 31.7 Å². The third-order valence-corrected chi connectivity index (χ3v) is 4.94. The molecule has 0 radical (unpaired) electrons. The number of hydrogen-bond acceptors (Lipinski definition) is 8. The summed E-state index contributed by atoms with van der Waals surface area (Å²) in [4.78, 5) is 48.3. The summed E-state index contributed by atoms with van der Waals surface area (Å²) in [7, 11) is 0. The Labute approximate surface area is 182 Å². The molecule has 0 aliphatic heterocycles. The molecule has 0 aliphatic carbocycles. The standard InChI is InChI=1S/C17H33N5O5S2/c1-9(2)13(19)16(25)22-12(8-29)15(24)21-11(7-28)14(23)20-10(17(26)27)5-3-4-6-18/h9-13,28-29H,3-8,18-19H2,1-2H3,(H,20,23)(H,21,24)(H,22,25)(H,26,27). The zero-order valence-electron chi connectivity index (χ0n) is 16.8. The van der Waals surface area contributed by atoms with Crippen molar-refractivity contribution in [3.8, 4) is 0 Å². The van der Waals surface area contributed by atoms with Crippen LogP contribution in [-0.4, -0.2) is 71.0 Å². The van der Waals surface area contributed by atoms with E-state index in [-0.39, 0.29) is 23.8 Å². The van der Waals surface area contributed by atoms with E-state index in [4.69, 9.17) is 11.5 Å². The van der Waals surface area contributed by atoms with Crippen LogP contribution in [0, 0.1) is 5.92 Å². The molecule has 3 amide bonds. The summed E-state index contributed by atoms with van der Waals surface area (Å²) in [6.45, 7) is 3.97. The summed E-state index contributed by atoms with van der Waals surface area (Å²) in [6, 6.07) is -3.98. The van der Waals surface area contributed by atoms with E-state index >= 15 is 0 Å². The fourth-order valence-electron chi connectivity index (χ4n) is 2.25. The van der Waals surface area contributed by atoms with Gasteiger partial charge in [0.1, 0.15) is 18.1 Å². The number of amides is 3. The van der Waals surface area contributed by atoms with Crippen molar-refractivity contribution in [1.82, 2.24) is 16.0 Å². The van der Waals surface area contributed by atoms with Crippen LogP contribution in [0.1, 0.15) is 33.1 Å². The average molecular weight is 452 g/mol. The average Bonchev–Trinajstić information content (AvgIpc) is 2.67. The van der Waals surface area contributed by atoms with Crippen molar-refractivity contribution in [2.24, 2.45) is 17.4 Å². The summed E-state index contributed by atoms with van der Waals surface area (Å²) in [5, 5.41) is 16.6. The van der Waals surface area contributed by atoms with Gasteiger partial charge in [-0.15, -0.1) is 0 Å². The highest BCUT2D eigenvalue weighted by atomic mass is 32.1. The molecule has 4 unspecified atom stereocenters. The van der Waals surface area contributed by atoms with Crippen LogP contribution in [-0.2, 0) is 19.2 Å². The van der Waals surface area contributed by atoms with Crippen molar-refractivity contribution < 1.29 is 24.3 Å². The third kappa shape index (κ3) is 10.2. The number of rotatable bonds is 14. The van der Waals surface area contributed by atoms with Gasteiger partial charge >= 0.3 is 5.97 Å². The Balaban J connectivity index is 4.94. The van der Waals surface area contributed by atoms with Crippen LogP contribution < -0.4 is 27.4 Å². The van der Waals surface area contributed by atoms with Gasteiger partial charge in [0, 0.05) is 11.5 Å². The minimum Gasteiger partial charge on any atom is -0.480 e. The maximum atomic E-state index is 12.4. The lowest BCUT2D eigenvalue weighted by Gasteiger charge is -2.24. The number of carboxylic acids is 1. The van der Waals surface area contributed by atoms with Gasteiger partial charge in [0.05, 0.1) is 6.04 Å². The van der Waals surface area contributed by atoms with Crippen LogP contribution in [0.2, 0.25) is 0 Å². The van der Waals surface area contributed by atoms with Crippen molar-refractivity contribution in [3.63, 3.8) is 0 Å². The fraction of sp³-hybridized carbons (Fsp3) is 0.765. The molecule has 0 aromatic rings.